The quantitative estimate of drug-likeness (QED) is 0.337. The molecule has 1 aliphatic rings. The highest BCUT2D eigenvalue weighted by Gasteiger charge is 2.19. The van der Waals surface area contributed by atoms with E-state index in [1.165, 1.54) is 6.26 Å². The molecule has 1 aromatic heterocycles. The lowest BCUT2D eigenvalue weighted by atomic mass is 10.1. The summed E-state index contributed by atoms with van der Waals surface area (Å²) >= 11 is 0. The summed E-state index contributed by atoms with van der Waals surface area (Å²) in [4.78, 5) is 18.7. The van der Waals surface area contributed by atoms with Gasteiger partial charge in [0.2, 0.25) is 0 Å². The van der Waals surface area contributed by atoms with Crippen molar-refractivity contribution in [2.24, 2.45) is 4.99 Å². The van der Waals surface area contributed by atoms with Gasteiger partial charge in [-0.3, -0.25) is 9.79 Å². The molecule has 0 radical (unpaired) electrons. The number of hydrogen-bond donors (Lipinski definition) is 3. The van der Waals surface area contributed by atoms with E-state index in [1.54, 1.807) is 20.2 Å². The van der Waals surface area contributed by atoms with Crippen molar-refractivity contribution in [1.29, 1.82) is 0 Å². The van der Waals surface area contributed by atoms with Gasteiger partial charge in [0.15, 0.2) is 11.7 Å². The number of ether oxygens (including phenoxy) is 1. The normalized spacial score (nSPS) is 16.3. The van der Waals surface area contributed by atoms with Crippen molar-refractivity contribution in [2.45, 2.75) is 32.2 Å². The third kappa shape index (κ3) is 7.22. The molecule has 1 amide bonds. The summed E-state index contributed by atoms with van der Waals surface area (Å²) in [5, 5.41) is 9.67. The maximum absolute atomic E-state index is 12.0. The van der Waals surface area contributed by atoms with E-state index >= 15 is 0 Å². The number of methoxy groups -OCH3 is 1. The smallest absolute Gasteiger partial charge is 0.287 e. The van der Waals surface area contributed by atoms with Crippen molar-refractivity contribution in [3.63, 3.8) is 0 Å². The molecule has 0 spiro atoms. The lowest BCUT2D eigenvalue weighted by Gasteiger charge is -2.32. The summed E-state index contributed by atoms with van der Waals surface area (Å²) in [6.07, 6.45) is 4.54. The number of nitrogens with one attached hydrogen (secondary N) is 3. The molecule has 0 aromatic carbocycles. The first-order valence-electron chi connectivity index (χ1n) is 9.64. The molecular weight excluding hydrogens is 346 g/mol. The Hall–Kier alpha value is -2.06. The van der Waals surface area contributed by atoms with Crippen LogP contribution in [0.25, 0.3) is 0 Å². The fraction of sp³-hybridized carbons (Fsp3) is 0.684. The van der Waals surface area contributed by atoms with Gasteiger partial charge in [0.05, 0.1) is 12.9 Å². The number of likely N-dealkylation sites (tertiary alicyclic amines) is 1. The van der Waals surface area contributed by atoms with Crippen LogP contribution in [0, 0.1) is 6.92 Å². The van der Waals surface area contributed by atoms with Gasteiger partial charge >= 0.3 is 0 Å². The van der Waals surface area contributed by atoms with Crippen LogP contribution in [0.2, 0.25) is 0 Å². The molecule has 152 valence electrons. The van der Waals surface area contributed by atoms with Crippen molar-refractivity contribution in [3.8, 4) is 0 Å². The number of carbonyl (C=O) groups excluding carboxylic acids is 1. The van der Waals surface area contributed by atoms with Crippen molar-refractivity contribution < 1.29 is 13.9 Å². The van der Waals surface area contributed by atoms with Gasteiger partial charge in [-0.25, -0.2) is 0 Å². The largest absolute Gasteiger partial charge is 0.459 e. The highest BCUT2D eigenvalue weighted by Crippen LogP contribution is 2.10. The molecule has 1 fully saturated rings. The van der Waals surface area contributed by atoms with Gasteiger partial charge in [-0.2, -0.15) is 0 Å². The van der Waals surface area contributed by atoms with Crippen molar-refractivity contribution in [1.82, 2.24) is 20.9 Å². The van der Waals surface area contributed by atoms with Gasteiger partial charge < -0.3 is 30.0 Å². The number of aryl methyl sites for hydroxylation is 1. The number of hydrogen-bond acceptors (Lipinski definition) is 5. The van der Waals surface area contributed by atoms with Crippen LogP contribution < -0.4 is 16.0 Å². The molecule has 0 unspecified atom stereocenters. The van der Waals surface area contributed by atoms with E-state index in [2.05, 4.69) is 25.8 Å². The molecule has 8 nitrogen and oxygen atoms in total. The number of amides is 1. The molecule has 0 saturated carbocycles. The number of nitrogens with zero attached hydrogens (tertiary/aromatic N) is 2. The van der Waals surface area contributed by atoms with Crippen LogP contribution in [-0.2, 0) is 4.74 Å². The van der Waals surface area contributed by atoms with E-state index in [1.807, 2.05) is 6.92 Å². The summed E-state index contributed by atoms with van der Waals surface area (Å²) in [6.45, 7) is 7.13. The van der Waals surface area contributed by atoms with Crippen molar-refractivity contribution in [3.05, 3.63) is 23.7 Å². The van der Waals surface area contributed by atoms with Gasteiger partial charge in [0, 0.05) is 58.5 Å². The topological polar surface area (TPSA) is 91.1 Å². The fourth-order valence-electron chi connectivity index (χ4n) is 3.09. The van der Waals surface area contributed by atoms with Gasteiger partial charge in [-0.05, 0) is 32.3 Å². The van der Waals surface area contributed by atoms with Crippen LogP contribution in [0.4, 0.5) is 0 Å². The summed E-state index contributed by atoms with van der Waals surface area (Å²) < 4.78 is 10.3. The van der Waals surface area contributed by atoms with Crippen LogP contribution in [-0.4, -0.2) is 76.3 Å². The minimum absolute atomic E-state index is 0.166. The number of aliphatic imine (C=N–C) groups is 1. The summed E-state index contributed by atoms with van der Waals surface area (Å²) in [6, 6.07) is 2.23. The minimum Gasteiger partial charge on any atom is -0.459 e. The van der Waals surface area contributed by atoms with E-state index < -0.39 is 0 Å². The number of carbonyl (C=O) groups is 1. The Labute approximate surface area is 161 Å². The second-order valence-corrected chi connectivity index (χ2v) is 6.79. The van der Waals surface area contributed by atoms with E-state index in [9.17, 15) is 4.79 Å². The molecule has 2 rings (SSSR count). The Morgan fingerprint density at radius 2 is 2.07 bits per heavy atom. The van der Waals surface area contributed by atoms with Crippen molar-refractivity contribution >= 4 is 11.9 Å². The SMILES string of the molecule is CN=C(NCCCNC(=O)c1occc1C)NC1CCN(CCOC)CC1. The average Bonchev–Trinajstić information content (AvgIpc) is 3.12. The van der Waals surface area contributed by atoms with Crippen LogP contribution in [0.1, 0.15) is 35.4 Å². The monoisotopic (exact) mass is 379 g/mol. The molecule has 3 N–H and O–H groups in total. The maximum atomic E-state index is 12.0. The summed E-state index contributed by atoms with van der Waals surface area (Å²) in [7, 11) is 3.53. The Morgan fingerprint density at radius 1 is 1.33 bits per heavy atom. The first-order valence-corrected chi connectivity index (χ1v) is 9.64. The Bertz CT molecular complexity index is 594. The molecular formula is C19H33N5O3. The van der Waals surface area contributed by atoms with E-state index in [-0.39, 0.29) is 5.91 Å². The fourth-order valence-corrected chi connectivity index (χ4v) is 3.09. The van der Waals surface area contributed by atoms with E-state index in [4.69, 9.17) is 9.15 Å². The molecule has 0 aliphatic carbocycles. The van der Waals surface area contributed by atoms with Gasteiger partial charge in [0.1, 0.15) is 0 Å². The lowest BCUT2D eigenvalue weighted by molar-refractivity contribution is 0.0925. The second kappa shape index (κ2) is 11.6. The van der Waals surface area contributed by atoms with Crippen LogP contribution in [0.5, 0.6) is 0 Å². The molecule has 1 aromatic rings. The molecule has 8 heteroatoms. The van der Waals surface area contributed by atoms with E-state index in [0.29, 0.717) is 18.3 Å². The number of piperidine rings is 1. The standard InChI is InChI=1S/C19H33N5O3/c1-15-7-13-27-17(15)18(25)21-8-4-9-22-19(20-2)23-16-5-10-24(11-6-16)12-14-26-3/h7,13,16H,4-6,8-12,14H2,1-3H3,(H,21,25)(H2,20,22,23). The molecule has 2 heterocycles. The second-order valence-electron chi connectivity index (χ2n) is 6.79. The lowest BCUT2D eigenvalue weighted by Crippen LogP contribution is -2.49. The van der Waals surface area contributed by atoms with Gasteiger partial charge in [-0.15, -0.1) is 0 Å². The van der Waals surface area contributed by atoms with Crippen LogP contribution >= 0.6 is 0 Å². The molecule has 27 heavy (non-hydrogen) atoms. The van der Waals surface area contributed by atoms with E-state index in [0.717, 1.165) is 63.6 Å². The number of rotatable bonds is 9. The highest BCUT2D eigenvalue weighted by molar-refractivity contribution is 5.92. The Morgan fingerprint density at radius 3 is 2.70 bits per heavy atom. The van der Waals surface area contributed by atoms with Crippen LogP contribution in [0.15, 0.2) is 21.7 Å². The molecule has 0 atom stereocenters. The zero-order chi connectivity index (χ0) is 19.5. The molecule has 0 bridgehead atoms. The zero-order valence-corrected chi connectivity index (χ0v) is 16.7. The maximum Gasteiger partial charge on any atom is 0.287 e. The zero-order valence-electron chi connectivity index (χ0n) is 16.7. The number of guanidine groups is 1. The highest BCUT2D eigenvalue weighted by atomic mass is 16.5. The first kappa shape index (κ1) is 21.2. The summed E-state index contributed by atoms with van der Waals surface area (Å²) in [5.41, 5.74) is 0.850. The predicted octanol–water partition coefficient (Wildman–Crippen LogP) is 0.984. The molecule has 1 saturated heterocycles. The summed E-state index contributed by atoms with van der Waals surface area (Å²) in [5.74, 6) is 1.04. The Kier molecular flexibility index (Phi) is 9.13. The van der Waals surface area contributed by atoms with Crippen LogP contribution in [0.3, 0.4) is 0 Å². The predicted molar refractivity (Wildman–Crippen MR) is 106 cm³/mol. The third-order valence-corrected chi connectivity index (χ3v) is 4.76. The average molecular weight is 380 g/mol. The van der Waals surface area contributed by atoms with Crippen molar-refractivity contribution in [2.75, 3.05) is 53.5 Å². The van der Waals surface area contributed by atoms with Gasteiger partial charge in [0.25, 0.3) is 5.91 Å². The minimum atomic E-state index is -0.166. The molecule has 1 aliphatic heterocycles. The third-order valence-electron chi connectivity index (χ3n) is 4.76. The first-order chi connectivity index (χ1) is 13.1. The van der Waals surface area contributed by atoms with Gasteiger partial charge in [-0.1, -0.05) is 0 Å². The number of furan rings is 1. The Balaban J connectivity index is 1.58.